The summed E-state index contributed by atoms with van der Waals surface area (Å²) >= 11 is 0. The Hall–Kier alpha value is -1.83. The van der Waals surface area contributed by atoms with Crippen LogP contribution in [0.3, 0.4) is 0 Å². The van der Waals surface area contributed by atoms with Crippen LogP contribution in [0.15, 0.2) is 18.2 Å². The average molecular weight is 288 g/mol. The molecule has 0 fully saturated rings. The summed E-state index contributed by atoms with van der Waals surface area (Å²) in [5, 5.41) is 11.6. The van der Waals surface area contributed by atoms with Crippen LogP contribution >= 0.6 is 0 Å². The van der Waals surface area contributed by atoms with Crippen LogP contribution in [0.4, 0.5) is 0 Å². The van der Waals surface area contributed by atoms with E-state index in [9.17, 15) is 4.79 Å². The fourth-order valence-corrected chi connectivity index (χ4v) is 1.86. The number of nitrogens with one attached hydrogen (secondary N) is 1. The van der Waals surface area contributed by atoms with Gasteiger partial charge < -0.3 is 15.3 Å². The zero-order chi connectivity index (χ0) is 15.7. The molecule has 0 aliphatic heterocycles. The van der Waals surface area contributed by atoms with E-state index in [0.29, 0.717) is 18.5 Å². The van der Waals surface area contributed by atoms with E-state index in [1.807, 2.05) is 33.2 Å². The Morgan fingerprint density at radius 3 is 2.76 bits per heavy atom. The number of carbonyl (C=O) groups is 1. The molecule has 1 aromatic carbocycles. The highest BCUT2D eigenvalue weighted by molar-refractivity contribution is 5.94. The molecule has 0 aliphatic carbocycles. The predicted octanol–water partition coefficient (Wildman–Crippen LogP) is 1.41. The molecule has 4 heteroatoms. The molecule has 1 aromatic rings. The number of rotatable bonds is 6. The smallest absolute Gasteiger partial charge is 0.251 e. The Labute approximate surface area is 127 Å². The van der Waals surface area contributed by atoms with Crippen LogP contribution < -0.4 is 5.32 Å². The van der Waals surface area contributed by atoms with E-state index in [2.05, 4.69) is 22.1 Å². The lowest BCUT2D eigenvalue weighted by Crippen LogP contribution is -2.27. The summed E-state index contributed by atoms with van der Waals surface area (Å²) < 4.78 is 0. The van der Waals surface area contributed by atoms with Gasteiger partial charge in [-0.3, -0.25) is 4.79 Å². The first-order valence-electron chi connectivity index (χ1n) is 7.18. The minimum atomic E-state index is -0.0493. The zero-order valence-electron chi connectivity index (χ0n) is 13.1. The Morgan fingerprint density at radius 1 is 1.38 bits per heavy atom. The van der Waals surface area contributed by atoms with Crippen molar-refractivity contribution >= 4 is 5.91 Å². The molecule has 0 bridgehead atoms. The number of nitrogens with zero attached hydrogens (tertiary/aromatic N) is 1. The quantitative estimate of drug-likeness (QED) is 0.615. The maximum absolute atomic E-state index is 12.0. The molecule has 0 heterocycles. The molecular weight excluding hydrogens is 264 g/mol. The molecule has 0 radical (unpaired) electrons. The van der Waals surface area contributed by atoms with E-state index in [1.165, 1.54) is 0 Å². The summed E-state index contributed by atoms with van der Waals surface area (Å²) in [6, 6.07) is 5.50. The fraction of sp³-hybridized carbons (Fsp3) is 0.471. The number of aliphatic hydroxyl groups is 1. The van der Waals surface area contributed by atoms with Gasteiger partial charge >= 0.3 is 0 Å². The number of amides is 1. The van der Waals surface area contributed by atoms with E-state index >= 15 is 0 Å². The largest absolute Gasteiger partial charge is 0.395 e. The van der Waals surface area contributed by atoms with Crippen LogP contribution in [0, 0.1) is 18.8 Å². The molecular formula is C17H24N2O2. The summed E-state index contributed by atoms with van der Waals surface area (Å²) in [7, 11) is 4.03. The molecule has 0 spiro atoms. The fourth-order valence-electron chi connectivity index (χ4n) is 1.86. The molecule has 0 unspecified atom stereocenters. The van der Waals surface area contributed by atoms with Crippen molar-refractivity contribution < 1.29 is 9.90 Å². The van der Waals surface area contributed by atoms with E-state index in [0.717, 1.165) is 24.1 Å². The second-order valence-corrected chi connectivity index (χ2v) is 5.22. The van der Waals surface area contributed by atoms with Crippen molar-refractivity contribution in [1.29, 1.82) is 0 Å². The normalized spacial score (nSPS) is 10.1. The van der Waals surface area contributed by atoms with Crippen LogP contribution in [0.25, 0.3) is 0 Å². The van der Waals surface area contributed by atoms with Gasteiger partial charge in [0.15, 0.2) is 0 Å². The van der Waals surface area contributed by atoms with Crippen molar-refractivity contribution in [3.8, 4) is 11.8 Å². The number of aryl methyl sites for hydroxylation is 1. The van der Waals surface area contributed by atoms with Crippen LogP contribution in [-0.4, -0.2) is 49.7 Å². The standard InChI is InChI=1S/C17H24N2O2/c1-14-13-16(9-8-15(14)7-4-5-12-20)17(21)18-10-6-11-19(2)3/h8-9,13,20H,5-6,10-12H2,1-3H3,(H,18,21). The average Bonchev–Trinajstić information content (AvgIpc) is 2.45. The first-order chi connectivity index (χ1) is 10.0. The lowest BCUT2D eigenvalue weighted by molar-refractivity contribution is 0.0952. The van der Waals surface area contributed by atoms with Gasteiger partial charge in [0.05, 0.1) is 6.61 Å². The summed E-state index contributed by atoms with van der Waals surface area (Å²) in [5.41, 5.74) is 2.53. The van der Waals surface area contributed by atoms with Crippen LogP contribution in [-0.2, 0) is 0 Å². The predicted molar refractivity (Wildman–Crippen MR) is 85.3 cm³/mol. The van der Waals surface area contributed by atoms with E-state index < -0.39 is 0 Å². The van der Waals surface area contributed by atoms with E-state index in [1.54, 1.807) is 6.07 Å². The van der Waals surface area contributed by atoms with Crippen molar-refractivity contribution in [3.63, 3.8) is 0 Å². The van der Waals surface area contributed by atoms with Crippen molar-refractivity contribution in [2.24, 2.45) is 0 Å². The summed E-state index contributed by atoms with van der Waals surface area (Å²) in [5.74, 6) is 5.84. The summed E-state index contributed by atoms with van der Waals surface area (Å²) in [6.07, 6.45) is 1.40. The third-order valence-corrected chi connectivity index (χ3v) is 3.02. The summed E-state index contributed by atoms with van der Waals surface area (Å²) in [6.45, 7) is 3.64. The number of hydrogen-bond donors (Lipinski definition) is 2. The van der Waals surface area contributed by atoms with Gasteiger partial charge in [-0.25, -0.2) is 0 Å². The van der Waals surface area contributed by atoms with Gasteiger partial charge in [-0.15, -0.1) is 0 Å². The van der Waals surface area contributed by atoms with Crippen molar-refractivity contribution in [2.45, 2.75) is 19.8 Å². The van der Waals surface area contributed by atoms with Gasteiger partial charge in [-0.05, 0) is 57.7 Å². The molecule has 0 saturated carbocycles. The lowest BCUT2D eigenvalue weighted by Gasteiger charge is -2.10. The molecule has 0 aliphatic rings. The third-order valence-electron chi connectivity index (χ3n) is 3.02. The monoisotopic (exact) mass is 288 g/mol. The number of carbonyl (C=O) groups excluding carboxylic acids is 1. The van der Waals surface area contributed by atoms with Gasteiger partial charge in [0.1, 0.15) is 0 Å². The van der Waals surface area contributed by atoms with E-state index in [-0.39, 0.29) is 12.5 Å². The maximum Gasteiger partial charge on any atom is 0.251 e. The Kier molecular flexibility index (Phi) is 7.52. The maximum atomic E-state index is 12.0. The second kappa shape index (κ2) is 9.17. The van der Waals surface area contributed by atoms with Gasteiger partial charge in [-0.1, -0.05) is 11.8 Å². The SMILES string of the molecule is Cc1cc(C(=O)NCCCN(C)C)ccc1C#CCCO. The Morgan fingerprint density at radius 2 is 2.14 bits per heavy atom. The highest BCUT2D eigenvalue weighted by Crippen LogP contribution is 2.10. The van der Waals surface area contributed by atoms with Crippen LogP contribution in [0.1, 0.15) is 34.3 Å². The Bertz CT molecular complexity index is 527. The number of hydrogen-bond acceptors (Lipinski definition) is 3. The van der Waals surface area contributed by atoms with Crippen LogP contribution in [0.2, 0.25) is 0 Å². The third kappa shape index (κ3) is 6.44. The first kappa shape index (κ1) is 17.2. The highest BCUT2D eigenvalue weighted by atomic mass is 16.2. The van der Waals surface area contributed by atoms with Gasteiger partial charge in [0, 0.05) is 24.1 Å². The van der Waals surface area contributed by atoms with Gasteiger partial charge in [0.25, 0.3) is 5.91 Å². The highest BCUT2D eigenvalue weighted by Gasteiger charge is 2.06. The molecule has 2 N–H and O–H groups in total. The minimum absolute atomic E-state index is 0.0493. The van der Waals surface area contributed by atoms with Crippen molar-refractivity contribution in [3.05, 3.63) is 34.9 Å². The van der Waals surface area contributed by atoms with Crippen molar-refractivity contribution in [1.82, 2.24) is 10.2 Å². The first-order valence-corrected chi connectivity index (χ1v) is 7.18. The zero-order valence-corrected chi connectivity index (χ0v) is 13.1. The molecule has 0 atom stereocenters. The van der Waals surface area contributed by atoms with Gasteiger partial charge in [0.2, 0.25) is 0 Å². The van der Waals surface area contributed by atoms with Crippen molar-refractivity contribution in [2.75, 3.05) is 33.8 Å². The molecule has 114 valence electrons. The molecule has 0 aromatic heterocycles. The summed E-state index contributed by atoms with van der Waals surface area (Å²) in [4.78, 5) is 14.1. The molecule has 21 heavy (non-hydrogen) atoms. The molecule has 1 rings (SSSR count). The van der Waals surface area contributed by atoms with Crippen LogP contribution in [0.5, 0.6) is 0 Å². The lowest BCUT2D eigenvalue weighted by atomic mass is 10.0. The number of aliphatic hydroxyl groups excluding tert-OH is 1. The van der Waals surface area contributed by atoms with E-state index in [4.69, 9.17) is 5.11 Å². The molecule has 4 nitrogen and oxygen atoms in total. The Balaban J connectivity index is 2.58. The van der Waals surface area contributed by atoms with Gasteiger partial charge in [-0.2, -0.15) is 0 Å². The topological polar surface area (TPSA) is 52.6 Å². The molecule has 1 amide bonds. The minimum Gasteiger partial charge on any atom is -0.395 e. The second-order valence-electron chi connectivity index (χ2n) is 5.22. The molecule has 0 saturated heterocycles. The number of benzene rings is 1.